The Balaban J connectivity index is 3.18. The van der Waals surface area contributed by atoms with E-state index in [0.717, 1.165) is 48.7 Å². The molecule has 4 nitrogen and oxygen atoms in total. The molecule has 0 saturated carbocycles. The molecule has 1 heterocycles. The summed E-state index contributed by atoms with van der Waals surface area (Å²) in [6, 6.07) is 0. The second kappa shape index (κ2) is 6.73. The number of nitrogens with zero attached hydrogens (tertiary/aromatic N) is 2. The first-order valence-corrected chi connectivity index (χ1v) is 7.39. The van der Waals surface area contributed by atoms with E-state index in [4.69, 9.17) is 0 Å². The third-order valence-electron chi connectivity index (χ3n) is 4.16. The smallest absolute Gasteiger partial charge is 0.135 e. The molecule has 19 heavy (non-hydrogen) atoms. The highest BCUT2D eigenvalue weighted by atomic mass is 15.1. The van der Waals surface area contributed by atoms with Gasteiger partial charge in [0.1, 0.15) is 17.5 Å². The van der Waals surface area contributed by atoms with E-state index in [1.165, 1.54) is 0 Å². The quantitative estimate of drug-likeness (QED) is 0.787. The van der Waals surface area contributed by atoms with Crippen LogP contribution in [-0.2, 0) is 6.42 Å². The van der Waals surface area contributed by atoms with Gasteiger partial charge in [-0.1, -0.05) is 27.7 Å². The van der Waals surface area contributed by atoms with Gasteiger partial charge in [-0.3, -0.25) is 0 Å². The lowest BCUT2D eigenvalue weighted by molar-refractivity contribution is 0.418. The number of aromatic nitrogens is 2. The lowest BCUT2D eigenvalue weighted by Crippen LogP contribution is -2.37. The minimum absolute atomic E-state index is 0.134. The Morgan fingerprint density at radius 3 is 1.89 bits per heavy atom. The van der Waals surface area contributed by atoms with Gasteiger partial charge in [-0.15, -0.1) is 0 Å². The lowest BCUT2D eigenvalue weighted by Gasteiger charge is -2.33. The number of nitrogens with one attached hydrogen (secondary N) is 2. The summed E-state index contributed by atoms with van der Waals surface area (Å²) in [6.07, 6.45) is 4.14. The van der Waals surface area contributed by atoms with Gasteiger partial charge in [0.15, 0.2) is 0 Å². The zero-order valence-corrected chi connectivity index (χ0v) is 13.2. The number of aryl methyl sites for hydroxylation is 1. The Hall–Kier alpha value is -1.32. The summed E-state index contributed by atoms with van der Waals surface area (Å²) in [5.41, 5.74) is 1.23. The molecule has 108 valence electrons. The van der Waals surface area contributed by atoms with E-state index in [1.54, 1.807) is 0 Å². The van der Waals surface area contributed by atoms with Crippen LogP contribution in [0.1, 0.15) is 58.3 Å². The van der Waals surface area contributed by atoms with Crippen LogP contribution in [0.25, 0.3) is 0 Å². The molecular formula is C15H28N4. The van der Waals surface area contributed by atoms with E-state index in [-0.39, 0.29) is 5.54 Å². The molecule has 0 aliphatic heterocycles. The van der Waals surface area contributed by atoms with Crippen molar-refractivity contribution in [3.8, 4) is 0 Å². The fraction of sp³-hybridized carbons (Fsp3) is 0.733. The zero-order chi connectivity index (χ0) is 14.5. The number of rotatable bonds is 7. The Kier molecular flexibility index (Phi) is 5.58. The second-order valence-electron chi connectivity index (χ2n) is 5.03. The van der Waals surface area contributed by atoms with Gasteiger partial charge in [0, 0.05) is 24.6 Å². The van der Waals surface area contributed by atoms with Gasteiger partial charge in [0.25, 0.3) is 0 Å². The van der Waals surface area contributed by atoms with Gasteiger partial charge in [0.05, 0.1) is 0 Å². The number of hydrogen-bond donors (Lipinski definition) is 2. The Bertz CT molecular complexity index is 403. The summed E-state index contributed by atoms with van der Waals surface area (Å²) in [6.45, 7) is 10.8. The van der Waals surface area contributed by atoms with Crippen molar-refractivity contribution in [1.82, 2.24) is 9.97 Å². The molecule has 1 aromatic rings. The van der Waals surface area contributed by atoms with Crippen LogP contribution in [0, 0.1) is 6.92 Å². The summed E-state index contributed by atoms with van der Waals surface area (Å²) in [7, 11) is 1.91. The SMILES string of the molecule is CCc1nc(NC)c(C)c(NC(CC)(CC)CC)n1. The van der Waals surface area contributed by atoms with Crippen LogP contribution in [0.4, 0.5) is 11.6 Å². The van der Waals surface area contributed by atoms with Crippen molar-refractivity contribution in [2.24, 2.45) is 0 Å². The summed E-state index contributed by atoms with van der Waals surface area (Å²) in [5, 5.41) is 6.83. The van der Waals surface area contributed by atoms with E-state index in [1.807, 2.05) is 7.05 Å². The molecule has 1 aromatic heterocycles. The molecule has 4 heteroatoms. The van der Waals surface area contributed by atoms with Crippen LogP contribution in [0.3, 0.4) is 0 Å². The molecule has 0 atom stereocenters. The first-order chi connectivity index (χ1) is 9.05. The summed E-state index contributed by atoms with van der Waals surface area (Å²) >= 11 is 0. The Labute approximate surface area is 117 Å². The first-order valence-electron chi connectivity index (χ1n) is 7.39. The highest BCUT2D eigenvalue weighted by Gasteiger charge is 2.25. The molecule has 0 bridgehead atoms. The molecule has 0 saturated heterocycles. The minimum atomic E-state index is 0.134. The maximum Gasteiger partial charge on any atom is 0.135 e. The van der Waals surface area contributed by atoms with Gasteiger partial charge in [-0.25, -0.2) is 9.97 Å². The monoisotopic (exact) mass is 264 g/mol. The zero-order valence-electron chi connectivity index (χ0n) is 13.2. The third kappa shape index (κ3) is 3.37. The summed E-state index contributed by atoms with van der Waals surface area (Å²) in [5.74, 6) is 2.78. The van der Waals surface area contributed by atoms with Gasteiger partial charge >= 0.3 is 0 Å². The van der Waals surface area contributed by atoms with E-state index in [2.05, 4.69) is 55.2 Å². The predicted molar refractivity (Wildman–Crippen MR) is 82.9 cm³/mol. The molecule has 0 fully saturated rings. The van der Waals surface area contributed by atoms with Gasteiger partial charge < -0.3 is 10.6 Å². The van der Waals surface area contributed by atoms with Crippen LogP contribution < -0.4 is 10.6 Å². The molecule has 0 unspecified atom stereocenters. The number of hydrogen-bond acceptors (Lipinski definition) is 4. The van der Waals surface area contributed by atoms with Crippen LogP contribution in [0.15, 0.2) is 0 Å². The Morgan fingerprint density at radius 2 is 1.47 bits per heavy atom. The fourth-order valence-electron chi connectivity index (χ4n) is 2.35. The van der Waals surface area contributed by atoms with Crippen molar-refractivity contribution >= 4 is 11.6 Å². The second-order valence-corrected chi connectivity index (χ2v) is 5.03. The minimum Gasteiger partial charge on any atom is -0.373 e. The fourth-order valence-corrected chi connectivity index (χ4v) is 2.35. The van der Waals surface area contributed by atoms with Crippen LogP contribution >= 0.6 is 0 Å². The standard InChI is InChI=1S/C15H28N4/c1-7-12-17-13(16-6)11(5)14(18-12)19-15(8-2,9-3)10-4/h7-10H2,1-6H3,(H2,16,17,18,19). The van der Waals surface area contributed by atoms with Crippen molar-refractivity contribution in [3.05, 3.63) is 11.4 Å². The predicted octanol–water partition coefficient (Wildman–Crippen LogP) is 3.77. The van der Waals surface area contributed by atoms with E-state index in [0.29, 0.717) is 0 Å². The molecule has 0 aromatic carbocycles. The highest BCUT2D eigenvalue weighted by molar-refractivity contribution is 5.58. The van der Waals surface area contributed by atoms with Crippen molar-refractivity contribution in [2.45, 2.75) is 65.8 Å². The first kappa shape index (κ1) is 15.7. The van der Waals surface area contributed by atoms with Crippen molar-refractivity contribution in [2.75, 3.05) is 17.7 Å². The van der Waals surface area contributed by atoms with Gasteiger partial charge in [-0.05, 0) is 26.2 Å². The van der Waals surface area contributed by atoms with E-state index >= 15 is 0 Å². The van der Waals surface area contributed by atoms with Crippen molar-refractivity contribution < 1.29 is 0 Å². The topological polar surface area (TPSA) is 49.8 Å². The van der Waals surface area contributed by atoms with Crippen LogP contribution in [0.5, 0.6) is 0 Å². The van der Waals surface area contributed by atoms with E-state index < -0.39 is 0 Å². The molecule has 0 radical (unpaired) electrons. The largest absolute Gasteiger partial charge is 0.373 e. The summed E-state index contributed by atoms with van der Waals surface area (Å²) < 4.78 is 0. The van der Waals surface area contributed by atoms with Crippen LogP contribution in [0.2, 0.25) is 0 Å². The maximum absolute atomic E-state index is 4.67. The molecular weight excluding hydrogens is 236 g/mol. The molecule has 1 rings (SSSR count). The molecule has 0 spiro atoms. The van der Waals surface area contributed by atoms with Crippen molar-refractivity contribution in [3.63, 3.8) is 0 Å². The van der Waals surface area contributed by atoms with Crippen LogP contribution in [-0.4, -0.2) is 22.6 Å². The molecule has 0 aliphatic rings. The normalized spacial score (nSPS) is 11.5. The Morgan fingerprint density at radius 1 is 0.947 bits per heavy atom. The highest BCUT2D eigenvalue weighted by Crippen LogP contribution is 2.28. The van der Waals surface area contributed by atoms with Gasteiger partial charge in [0.2, 0.25) is 0 Å². The maximum atomic E-state index is 4.67. The third-order valence-corrected chi connectivity index (χ3v) is 4.16. The average Bonchev–Trinajstić information content (AvgIpc) is 2.46. The average molecular weight is 264 g/mol. The molecule has 0 aliphatic carbocycles. The number of anilines is 2. The van der Waals surface area contributed by atoms with Crippen molar-refractivity contribution in [1.29, 1.82) is 0 Å². The van der Waals surface area contributed by atoms with Gasteiger partial charge in [-0.2, -0.15) is 0 Å². The van der Waals surface area contributed by atoms with E-state index in [9.17, 15) is 0 Å². The lowest BCUT2D eigenvalue weighted by atomic mass is 9.89. The summed E-state index contributed by atoms with van der Waals surface area (Å²) in [4.78, 5) is 9.18. The molecule has 2 N–H and O–H groups in total. The molecule has 0 amide bonds.